The van der Waals surface area contributed by atoms with Crippen molar-refractivity contribution in [2.75, 3.05) is 0 Å². The largest absolute Gasteiger partial charge is 0.369 e. The van der Waals surface area contributed by atoms with E-state index in [1.54, 1.807) is 6.33 Å². The van der Waals surface area contributed by atoms with E-state index in [0.29, 0.717) is 5.65 Å². The van der Waals surface area contributed by atoms with Gasteiger partial charge in [-0.2, -0.15) is 0 Å². The maximum absolute atomic E-state index is 3.94. The van der Waals surface area contributed by atoms with Crippen LogP contribution < -0.4 is 0 Å². The van der Waals surface area contributed by atoms with Gasteiger partial charge in [-0.05, 0) is 11.2 Å². The molecule has 4 nitrogen and oxygen atoms in total. The molecule has 53 valence electrons. The van der Waals surface area contributed by atoms with Crippen LogP contribution in [0.5, 0.6) is 0 Å². The minimum atomic E-state index is 0. The molecule has 2 rings (SSSR count). The van der Waals surface area contributed by atoms with E-state index < -0.39 is 0 Å². The van der Waals surface area contributed by atoms with Crippen molar-refractivity contribution in [1.82, 2.24) is 19.9 Å². The molecule has 0 atom stereocenters. The number of nitrogens with zero attached hydrogens (tertiary/aromatic N) is 3. The van der Waals surface area contributed by atoms with Crippen molar-refractivity contribution < 1.29 is 32.7 Å². The number of hydrogen-bond acceptors (Lipinski definition) is 3. The summed E-state index contributed by atoms with van der Waals surface area (Å²) in [6.07, 6.45) is 4.10. The van der Waals surface area contributed by atoms with Gasteiger partial charge in [-0.1, -0.05) is 6.92 Å². The van der Waals surface area contributed by atoms with E-state index in [1.807, 2.05) is 6.92 Å². The van der Waals surface area contributed by atoms with Gasteiger partial charge >= 0.3 is 0 Å². The van der Waals surface area contributed by atoms with E-state index in [1.165, 1.54) is 0 Å². The Hall–Kier alpha value is -0.346. The van der Waals surface area contributed by atoms with Crippen molar-refractivity contribution in [3.8, 4) is 0 Å². The van der Waals surface area contributed by atoms with Crippen LogP contribution in [0.3, 0.4) is 0 Å². The van der Waals surface area contributed by atoms with Crippen LogP contribution in [0.15, 0.2) is 6.33 Å². The van der Waals surface area contributed by atoms with Crippen LogP contribution in [-0.4, -0.2) is 19.9 Å². The zero-order valence-corrected chi connectivity index (χ0v) is 8.83. The molecule has 0 bridgehead atoms. The van der Waals surface area contributed by atoms with Gasteiger partial charge in [-0.25, -0.2) is 0 Å². The Morgan fingerprint density at radius 3 is 3.00 bits per heavy atom. The van der Waals surface area contributed by atoms with Crippen molar-refractivity contribution in [1.29, 1.82) is 0 Å². The predicted molar refractivity (Wildman–Crippen MR) is 35.3 cm³/mol. The van der Waals surface area contributed by atoms with Crippen LogP contribution in [0.25, 0.3) is 11.2 Å². The number of fused-ring (bicyclic) bond motifs is 1. The van der Waals surface area contributed by atoms with Gasteiger partial charge in [0.2, 0.25) is 0 Å². The predicted octanol–water partition coefficient (Wildman–Crippen LogP) is 0.459. The quantitative estimate of drug-likeness (QED) is 0.658. The van der Waals surface area contributed by atoms with E-state index in [0.717, 1.165) is 11.2 Å². The van der Waals surface area contributed by atoms with Gasteiger partial charge in [0.25, 0.3) is 0 Å². The number of hydrogen-bond donors (Lipinski definition) is 1. The summed E-state index contributed by atoms with van der Waals surface area (Å²) in [5, 5.41) is 0. The Labute approximate surface area is 88.7 Å². The number of H-pyrrole nitrogens is 1. The number of aromatic nitrogens is 4. The number of rotatable bonds is 0. The van der Waals surface area contributed by atoms with E-state index in [9.17, 15) is 0 Å². The molecule has 1 N–H and O–H groups in total. The fraction of sp³-hybridized carbons (Fsp3) is 0.167. The van der Waals surface area contributed by atoms with Gasteiger partial charge in [0.05, 0.1) is 12.0 Å². The van der Waals surface area contributed by atoms with E-state index in [2.05, 4.69) is 26.3 Å². The molecule has 0 aliphatic carbocycles. The molecule has 0 amide bonds. The topological polar surface area (TPSA) is 54.5 Å². The number of imidazole rings is 1. The van der Waals surface area contributed by atoms with E-state index in [-0.39, 0.29) is 32.7 Å². The Morgan fingerprint density at radius 2 is 2.27 bits per heavy atom. The van der Waals surface area contributed by atoms with E-state index in [4.69, 9.17) is 0 Å². The summed E-state index contributed by atoms with van der Waals surface area (Å²) < 4.78 is 0. The normalized spacial score (nSPS) is 9.55. The smallest absolute Gasteiger partial charge is 0.0790 e. The first-order chi connectivity index (χ1) is 4.88. The molecule has 0 saturated carbocycles. The summed E-state index contributed by atoms with van der Waals surface area (Å²) in [6, 6.07) is 0. The Balaban J connectivity index is 0.000000605. The minimum Gasteiger partial charge on any atom is -0.369 e. The van der Waals surface area contributed by atoms with Gasteiger partial charge in [0, 0.05) is 39.0 Å². The standard InChI is InChI=1S/C6H5N4.Y/c1-4-5-6(9-2-7-4)10-3-8-5;/h3H,1H3,(H,7,8,9,10);/q-1;. The molecule has 2 aromatic rings. The average Bonchev–Trinajstić information content (AvgIpc) is 2.36. The van der Waals surface area contributed by atoms with Crippen LogP contribution in [0.4, 0.5) is 0 Å². The van der Waals surface area contributed by atoms with Crippen molar-refractivity contribution in [2.24, 2.45) is 0 Å². The summed E-state index contributed by atoms with van der Waals surface area (Å²) in [5.74, 6) is 0. The molecule has 0 aliphatic heterocycles. The van der Waals surface area contributed by atoms with Crippen LogP contribution in [0.1, 0.15) is 5.69 Å². The Kier molecular flexibility index (Phi) is 2.68. The maximum Gasteiger partial charge on any atom is 0.0790 e. The SMILES string of the molecule is Cc1n[c-]nc2nc[nH]c12.[Y]. The second-order valence-electron chi connectivity index (χ2n) is 2.01. The summed E-state index contributed by atoms with van der Waals surface area (Å²) in [6.45, 7) is 1.89. The molecule has 1 radical (unpaired) electrons. The second kappa shape index (κ2) is 3.37. The first-order valence-electron chi connectivity index (χ1n) is 2.91. The first kappa shape index (κ1) is 8.75. The Morgan fingerprint density at radius 1 is 1.45 bits per heavy atom. The van der Waals surface area contributed by atoms with Crippen LogP contribution in [0.2, 0.25) is 0 Å². The monoisotopic (exact) mass is 222 g/mol. The van der Waals surface area contributed by atoms with Gasteiger partial charge < -0.3 is 15.0 Å². The van der Waals surface area contributed by atoms with Gasteiger partial charge in [-0.3, -0.25) is 4.98 Å². The van der Waals surface area contributed by atoms with Crippen LogP contribution >= 0.6 is 0 Å². The molecule has 0 saturated heterocycles. The third-order valence-corrected chi connectivity index (χ3v) is 1.35. The van der Waals surface area contributed by atoms with Crippen molar-refractivity contribution in [2.45, 2.75) is 6.92 Å². The molecule has 2 aromatic heterocycles. The number of aromatic amines is 1. The molecule has 0 aromatic carbocycles. The van der Waals surface area contributed by atoms with Gasteiger partial charge in [0.15, 0.2) is 0 Å². The fourth-order valence-electron chi connectivity index (χ4n) is 0.841. The number of aryl methyl sites for hydroxylation is 1. The fourth-order valence-corrected chi connectivity index (χ4v) is 0.841. The molecular weight excluding hydrogens is 217 g/mol. The molecule has 0 spiro atoms. The Bertz CT molecular complexity index is 356. The molecule has 5 heteroatoms. The second-order valence-corrected chi connectivity index (χ2v) is 2.01. The maximum atomic E-state index is 3.94. The zero-order valence-electron chi connectivity index (χ0n) is 6.00. The minimum absolute atomic E-state index is 0. The van der Waals surface area contributed by atoms with Crippen LogP contribution in [-0.2, 0) is 32.7 Å². The van der Waals surface area contributed by atoms with Gasteiger partial charge in [0.1, 0.15) is 0 Å². The number of nitrogens with one attached hydrogen (secondary N) is 1. The molecular formula is C6H5N4Y-. The van der Waals surface area contributed by atoms with Crippen molar-refractivity contribution in [3.63, 3.8) is 0 Å². The van der Waals surface area contributed by atoms with Crippen molar-refractivity contribution >= 4 is 11.2 Å². The molecule has 0 unspecified atom stereocenters. The first-order valence-corrected chi connectivity index (χ1v) is 2.91. The third kappa shape index (κ3) is 1.46. The van der Waals surface area contributed by atoms with Crippen molar-refractivity contribution in [3.05, 3.63) is 18.3 Å². The molecule has 2 heterocycles. The molecule has 11 heavy (non-hydrogen) atoms. The van der Waals surface area contributed by atoms with Gasteiger partial charge in [-0.15, -0.1) is 0 Å². The van der Waals surface area contributed by atoms with E-state index >= 15 is 0 Å². The summed E-state index contributed by atoms with van der Waals surface area (Å²) in [5.41, 5.74) is 2.44. The average molecular weight is 222 g/mol. The summed E-state index contributed by atoms with van der Waals surface area (Å²) in [4.78, 5) is 14.6. The molecule has 0 fully saturated rings. The molecule has 0 aliphatic rings. The van der Waals surface area contributed by atoms with Crippen LogP contribution in [0, 0.1) is 13.3 Å². The third-order valence-electron chi connectivity index (χ3n) is 1.35. The zero-order chi connectivity index (χ0) is 6.97. The summed E-state index contributed by atoms with van der Waals surface area (Å²) in [7, 11) is 0. The summed E-state index contributed by atoms with van der Waals surface area (Å²) >= 11 is 0.